The van der Waals surface area contributed by atoms with Gasteiger partial charge in [-0.2, -0.15) is 0 Å². The topological polar surface area (TPSA) is 44.5 Å². The number of benzene rings is 1. The van der Waals surface area contributed by atoms with Gasteiger partial charge in [-0.3, -0.25) is 0 Å². The van der Waals surface area contributed by atoms with E-state index in [0.29, 0.717) is 6.61 Å². The number of nitrogens with two attached hydrogens (primary N) is 1. The van der Waals surface area contributed by atoms with Crippen LogP contribution in [0.1, 0.15) is 39.2 Å². The Morgan fingerprint density at radius 2 is 2.05 bits per heavy atom. The second-order valence-electron chi connectivity index (χ2n) is 5.70. The van der Waals surface area contributed by atoms with Crippen LogP contribution < -0.4 is 10.5 Å². The molecule has 0 aliphatic carbocycles. The molecule has 4 heteroatoms. The Bertz CT molecular complexity index is 421. The second kappa shape index (κ2) is 8.01. The van der Waals surface area contributed by atoms with Crippen LogP contribution in [0.25, 0.3) is 0 Å². The van der Waals surface area contributed by atoms with Gasteiger partial charge in [0.15, 0.2) is 0 Å². The number of methoxy groups -OCH3 is 1. The van der Waals surface area contributed by atoms with E-state index in [1.807, 2.05) is 6.07 Å². The zero-order chi connectivity index (χ0) is 15.2. The highest BCUT2D eigenvalue weighted by Gasteiger charge is 2.16. The summed E-state index contributed by atoms with van der Waals surface area (Å²) < 4.78 is 12.2. The molecule has 0 fully saturated rings. The molecule has 0 aliphatic heterocycles. The molecule has 0 radical (unpaired) electrons. The Morgan fingerprint density at radius 3 is 2.60 bits per heavy atom. The standard InChI is InChI=1S/C16H26BrNO2/c1-5-13(18)10-12-6-7-15(14(17)11-12)20-9-8-16(2,3)19-4/h6-7,11,13H,5,8-10,18H2,1-4H3. The second-order valence-corrected chi connectivity index (χ2v) is 6.55. The van der Waals surface area contributed by atoms with E-state index in [0.717, 1.165) is 29.5 Å². The molecule has 3 nitrogen and oxygen atoms in total. The van der Waals surface area contributed by atoms with Crippen molar-refractivity contribution in [3.8, 4) is 5.75 Å². The summed E-state index contributed by atoms with van der Waals surface area (Å²) in [5.74, 6) is 0.866. The van der Waals surface area contributed by atoms with Gasteiger partial charge >= 0.3 is 0 Å². The first-order chi connectivity index (χ1) is 9.38. The fourth-order valence-electron chi connectivity index (χ4n) is 1.74. The van der Waals surface area contributed by atoms with Gasteiger partial charge in [-0.25, -0.2) is 0 Å². The number of hydrogen-bond donors (Lipinski definition) is 1. The van der Waals surface area contributed by atoms with Gasteiger partial charge in [-0.1, -0.05) is 13.0 Å². The smallest absolute Gasteiger partial charge is 0.133 e. The molecule has 0 heterocycles. The highest BCUT2D eigenvalue weighted by atomic mass is 79.9. The molecule has 1 rings (SSSR count). The minimum atomic E-state index is -0.152. The maximum atomic E-state index is 5.98. The summed E-state index contributed by atoms with van der Waals surface area (Å²) in [6, 6.07) is 6.39. The number of ether oxygens (including phenoxy) is 2. The van der Waals surface area contributed by atoms with E-state index in [1.54, 1.807) is 7.11 Å². The first-order valence-corrected chi connectivity index (χ1v) is 7.89. The molecule has 2 N–H and O–H groups in total. The van der Waals surface area contributed by atoms with E-state index in [-0.39, 0.29) is 11.6 Å². The third-order valence-electron chi connectivity index (χ3n) is 3.53. The van der Waals surface area contributed by atoms with Crippen LogP contribution in [-0.4, -0.2) is 25.4 Å². The molecule has 0 aromatic heterocycles. The lowest BCUT2D eigenvalue weighted by atomic mass is 10.0. The van der Waals surface area contributed by atoms with Gasteiger partial charge in [0, 0.05) is 19.6 Å². The average molecular weight is 344 g/mol. The van der Waals surface area contributed by atoms with E-state index in [2.05, 4.69) is 48.8 Å². The van der Waals surface area contributed by atoms with Crippen LogP contribution in [0.4, 0.5) is 0 Å². The number of hydrogen-bond acceptors (Lipinski definition) is 3. The molecule has 0 saturated heterocycles. The van der Waals surface area contributed by atoms with Crippen molar-refractivity contribution in [2.45, 2.75) is 51.7 Å². The Hall–Kier alpha value is -0.580. The molecule has 1 unspecified atom stereocenters. The van der Waals surface area contributed by atoms with Crippen molar-refractivity contribution in [3.05, 3.63) is 28.2 Å². The summed E-state index contributed by atoms with van der Waals surface area (Å²) in [6.07, 6.45) is 2.73. The van der Waals surface area contributed by atoms with E-state index in [9.17, 15) is 0 Å². The summed E-state index contributed by atoms with van der Waals surface area (Å²) in [7, 11) is 1.72. The van der Waals surface area contributed by atoms with E-state index in [1.165, 1.54) is 5.56 Å². The van der Waals surface area contributed by atoms with Crippen LogP contribution in [-0.2, 0) is 11.2 Å². The zero-order valence-electron chi connectivity index (χ0n) is 12.9. The molecule has 0 spiro atoms. The van der Waals surface area contributed by atoms with Crippen LogP contribution in [0.2, 0.25) is 0 Å². The van der Waals surface area contributed by atoms with Crippen molar-refractivity contribution in [2.75, 3.05) is 13.7 Å². The lowest BCUT2D eigenvalue weighted by molar-refractivity contribution is 0.00539. The highest BCUT2D eigenvalue weighted by Crippen LogP contribution is 2.27. The van der Waals surface area contributed by atoms with Crippen molar-refractivity contribution < 1.29 is 9.47 Å². The first kappa shape index (κ1) is 17.5. The maximum absolute atomic E-state index is 5.98. The van der Waals surface area contributed by atoms with Crippen molar-refractivity contribution in [2.24, 2.45) is 5.73 Å². The summed E-state index contributed by atoms with van der Waals surface area (Å²) in [5.41, 5.74) is 7.06. The van der Waals surface area contributed by atoms with Gasteiger partial charge in [0.25, 0.3) is 0 Å². The van der Waals surface area contributed by atoms with Gasteiger partial charge in [-0.05, 0) is 60.3 Å². The van der Waals surface area contributed by atoms with Crippen LogP contribution in [0.5, 0.6) is 5.75 Å². The minimum absolute atomic E-state index is 0.152. The van der Waals surface area contributed by atoms with Crippen LogP contribution in [0.15, 0.2) is 22.7 Å². The van der Waals surface area contributed by atoms with E-state index >= 15 is 0 Å². The Balaban J connectivity index is 2.56. The normalized spacial score (nSPS) is 13.3. The molecule has 0 aliphatic rings. The summed E-state index contributed by atoms with van der Waals surface area (Å²) >= 11 is 3.56. The van der Waals surface area contributed by atoms with Crippen molar-refractivity contribution in [3.63, 3.8) is 0 Å². The SMILES string of the molecule is CCC(N)Cc1ccc(OCCC(C)(C)OC)c(Br)c1. The fourth-order valence-corrected chi connectivity index (χ4v) is 2.28. The van der Waals surface area contributed by atoms with Crippen molar-refractivity contribution >= 4 is 15.9 Å². The van der Waals surface area contributed by atoms with Gasteiger partial charge in [0.05, 0.1) is 16.7 Å². The zero-order valence-corrected chi connectivity index (χ0v) is 14.5. The predicted molar refractivity (Wildman–Crippen MR) is 87.3 cm³/mol. The van der Waals surface area contributed by atoms with E-state index in [4.69, 9.17) is 15.2 Å². The predicted octanol–water partition coefficient (Wildman–Crippen LogP) is 3.92. The monoisotopic (exact) mass is 343 g/mol. The lowest BCUT2D eigenvalue weighted by Gasteiger charge is -2.22. The Kier molecular flexibility index (Phi) is 7.00. The third-order valence-corrected chi connectivity index (χ3v) is 4.15. The van der Waals surface area contributed by atoms with Crippen LogP contribution in [0, 0.1) is 0 Å². The quantitative estimate of drug-likeness (QED) is 0.777. The number of halogens is 1. The molecule has 1 aromatic carbocycles. The van der Waals surface area contributed by atoms with Crippen molar-refractivity contribution in [1.29, 1.82) is 0 Å². The molecular weight excluding hydrogens is 318 g/mol. The summed E-state index contributed by atoms with van der Waals surface area (Å²) in [5, 5.41) is 0. The molecular formula is C16H26BrNO2. The van der Waals surface area contributed by atoms with E-state index < -0.39 is 0 Å². The first-order valence-electron chi connectivity index (χ1n) is 7.10. The summed E-state index contributed by atoms with van der Waals surface area (Å²) in [4.78, 5) is 0. The largest absolute Gasteiger partial charge is 0.492 e. The van der Waals surface area contributed by atoms with Gasteiger partial charge in [0.1, 0.15) is 5.75 Å². The number of rotatable bonds is 8. The van der Waals surface area contributed by atoms with Crippen LogP contribution >= 0.6 is 15.9 Å². The fraction of sp³-hybridized carbons (Fsp3) is 0.625. The van der Waals surface area contributed by atoms with Gasteiger partial charge in [0.2, 0.25) is 0 Å². The Labute approximate surface area is 131 Å². The summed E-state index contributed by atoms with van der Waals surface area (Å²) in [6.45, 7) is 6.85. The van der Waals surface area contributed by atoms with Gasteiger partial charge < -0.3 is 15.2 Å². The molecule has 0 saturated carbocycles. The van der Waals surface area contributed by atoms with Gasteiger partial charge in [-0.15, -0.1) is 0 Å². The maximum Gasteiger partial charge on any atom is 0.133 e. The molecule has 0 bridgehead atoms. The molecule has 1 aromatic rings. The minimum Gasteiger partial charge on any atom is -0.492 e. The molecule has 20 heavy (non-hydrogen) atoms. The van der Waals surface area contributed by atoms with Crippen LogP contribution in [0.3, 0.4) is 0 Å². The highest BCUT2D eigenvalue weighted by molar-refractivity contribution is 9.10. The third kappa shape index (κ3) is 5.81. The van der Waals surface area contributed by atoms with Crippen molar-refractivity contribution in [1.82, 2.24) is 0 Å². The average Bonchev–Trinajstić information content (AvgIpc) is 2.41. The molecule has 1 atom stereocenters. The Morgan fingerprint density at radius 1 is 1.35 bits per heavy atom. The lowest BCUT2D eigenvalue weighted by Crippen LogP contribution is -2.25. The molecule has 114 valence electrons. The molecule has 0 amide bonds.